The van der Waals surface area contributed by atoms with Crippen LogP contribution in [0.25, 0.3) is 0 Å². The van der Waals surface area contributed by atoms with Crippen LogP contribution in [0.1, 0.15) is 45.9 Å². The van der Waals surface area contributed by atoms with E-state index in [4.69, 9.17) is 0 Å². The number of aryl methyl sites for hydroxylation is 1. The predicted octanol–water partition coefficient (Wildman–Crippen LogP) is 4.80. The van der Waals surface area contributed by atoms with Crippen LogP contribution >= 0.6 is 15.9 Å². The molecule has 2 aliphatic rings. The summed E-state index contributed by atoms with van der Waals surface area (Å²) in [7, 11) is 0. The molecule has 4 heteroatoms. The monoisotopic (exact) mass is 373 g/mol. The molecule has 0 aliphatic carbocycles. The average molecular weight is 374 g/mol. The van der Waals surface area contributed by atoms with Crippen LogP contribution in [0.15, 0.2) is 40.9 Å². The fourth-order valence-corrected chi connectivity index (χ4v) is 4.33. The smallest absolute Gasteiger partial charge is 0.257 e. The number of halogens is 2. The third-order valence-corrected chi connectivity index (χ3v) is 5.50. The Balaban J connectivity index is 1.76. The fourth-order valence-electron chi connectivity index (χ4n) is 3.95. The quantitative estimate of drug-likeness (QED) is 0.702. The first-order valence-electron chi connectivity index (χ1n) is 7.92. The van der Waals surface area contributed by atoms with E-state index in [1.807, 2.05) is 11.8 Å². The first kappa shape index (κ1) is 14.9. The molecule has 1 saturated heterocycles. The van der Waals surface area contributed by atoms with Gasteiger partial charge in [0.05, 0.1) is 11.6 Å². The summed E-state index contributed by atoms with van der Waals surface area (Å²) in [5.41, 5.74) is 3.62. The highest BCUT2D eigenvalue weighted by molar-refractivity contribution is 9.10. The molecule has 0 unspecified atom stereocenters. The van der Waals surface area contributed by atoms with Crippen LogP contribution in [0.4, 0.5) is 4.39 Å². The van der Waals surface area contributed by atoms with E-state index in [1.165, 1.54) is 17.2 Å². The Hall–Kier alpha value is -1.68. The molecular weight excluding hydrogens is 357 g/mol. The van der Waals surface area contributed by atoms with Crippen LogP contribution < -0.4 is 0 Å². The van der Waals surface area contributed by atoms with Gasteiger partial charge in [0.15, 0.2) is 0 Å². The van der Waals surface area contributed by atoms with Crippen LogP contribution in [-0.4, -0.2) is 16.8 Å². The zero-order chi connectivity index (χ0) is 16.1. The lowest BCUT2D eigenvalue weighted by Crippen LogP contribution is -2.42. The maximum absolute atomic E-state index is 14.2. The van der Waals surface area contributed by atoms with E-state index in [0.29, 0.717) is 0 Å². The Kier molecular flexibility index (Phi) is 3.52. The second kappa shape index (κ2) is 5.45. The summed E-state index contributed by atoms with van der Waals surface area (Å²) in [5.74, 6) is -0.607. The fraction of sp³-hybridized carbons (Fsp3) is 0.316. The van der Waals surface area contributed by atoms with Crippen molar-refractivity contribution in [3.05, 3.63) is 68.9 Å². The van der Waals surface area contributed by atoms with Crippen molar-refractivity contribution in [3.8, 4) is 0 Å². The molecule has 4 rings (SSSR count). The van der Waals surface area contributed by atoms with Crippen LogP contribution in [0.3, 0.4) is 0 Å². The Morgan fingerprint density at radius 3 is 2.87 bits per heavy atom. The second-order valence-electron chi connectivity index (χ2n) is 6.49. The van der Waals surface area contributed by atoms with Crippen molar-refractivity contribution in [3.63, 3.8) is 0 Å². The zero-order valence-corrected chi connectivity index (χ0v) is 14.4. The van der Waals surface area contributed by atoms with E-state index in [9.17, 15) is 9.18 Å². The van der Waals surface area contributed by atoms with Gasteiger partial charge in [0.2, 0.25) is 0 Å². The van der Waals surface area contributed by atoms with Crippen LogP contribution in [0.2, 0.25) is 0 Å². The van der Waals surface area contributed by atoms with Gasteiger partial charge in [0, 0.05) is 10.5 Å². The maximum Gasteiger partial charge on any atom is 0.257 e. The lowest BCUT2D eigenvalue weighted by Gasteiger charge is -2.36. The van der Waals surface area contributed by atoms with E-state index < -0.39 is 5.82 Å². The van der Waals surface area contributed by atoms with Crippen molar-refractivity contribution in [2.75, 3.05) is 0 Å². The summed E-state index contributed by atoms with van der Waals surface area (Å²) in [6.45, 7) is 1.88. The van der Waals surface area contributed by atoms with Crippen molar-refractivity contribution >= 4 is 21.8 Å². The molecule has 1 fully saturated rings. The molecule has 2 aromatic carbocycles. The zero-order valence-electron chi connectivity index (χ0n) is 12.9. The van der Waals surface area contributed by atoms with Crippen molar-refractivity contribution in [2.24, 2.45) is 0 Å². The summed E-state index contributed by atoms with van der Waals surface area (Å²) >= 11 is 3.52. The third kappa shape index (κ3) is 2.40. The SMILES string of the molecule is Cc1ccc(F)c(C(=O)N2[C@H]3CC[C@@H]2c2cc(Br)ccc2C3)c1. The van der Waals surface area contributed by atoms with Gasteiger partial charge in [-0.05, 0) is 61.6 Å². The van der Waals surface area contributed by atoms with Gasteiger partial charge in [0.1, 0.15) is 5.82 Å². The number of fused-ring (bicyclic) bond motifs is 4. The molecule has 2 nitrogen and oxygen atoms in total. The maximum atomic E-state index is 14.2. The molecule has 2 aliphatic heterocycles. The van der Waals surface area contributed by atoms with Gasteiger partial charge in [-0.15, -0.1) is 0 Å². The van der Waals surface area contributed by atoms with Crippen molar-refractivity contribution in [1.29, 1.82) is 0 Å². The van der Waals surface area contributed by atoms with E-state index in [2.05, 4.69) is 34.1 Å². The number of hydrogen-bond donors (Lipinski definition) is 0. The molecule has 2 heterocycles. The summed E-state index contributed by atoms with van der Waals surface area (Å²) < 4.78 is 15.2. The Labute approximate surface area is 143 Å². The van der Waals surface area contributed by atoms with Crippen LogP contribution in [-0.2, 0) is 6.42 Å². The van der Waals surface area contributed by atoms with Gasteiger partial charge in [0.25, 0.3) is 5.91 Å². The minimum atomic E-state index is -0.431. The molecule has 2 aromatic rings. The van der Waals surface area contributed by atoms with E-state index >= 15 is 0 Å². The van der Waals surface area contributed by atoms with Crippen LogP contribution in [0, 0.1) is 12.7 Å². The number of nitrogens with zero attached hydrogens (tertiary/aromatic N) is 1. The lowest BCUT2D eigenvalue weighted by molar-refractivity contribution is 0.0641. The molecular formula is C19H17BrFNO. The van der Waals surface area contributed by atoms with Gasteiger partial charge in [-0.25, -0.2) is 4.39 Å². The van der Waals surface area contributed by atoms with Crippen LogP contribution in [0.5, 0.6) is 0 Å². The number of hydrogen-bond acceptors (Lipinski definition) is 1. The molecule has 2 atom stereocenters. The van der Waals surface area contributed by atoms with Gasteiger partial charge in [-0.1, -0.05) is 33.6 Å². The minimum Gasteiger partial charge on any atom is -0.328 e. The number of benzene rings is 2. The Bertz CT molecular complexity index is 804. The van der Waals surface area contributed by atoms with Gasteiger partial charge < -0.3 is 4.90 Å². The van der Waals surface area contributed by atoms with Gasteiger partial charge >= 0.3 is 0 Å². The Morgan fingerprint density at radius 2 is 2.04 bits per heavy atom. The highest BCUT2D eigenvalue weighted by atomic mass is 79.9. The summed E-state index contributed by atoms with van der Waals surface area (Å²) in [6.07, 6.45) is 2.79. The molecule has 1 amide bonds. The topological polar surface area (TPSA) is 20.3 Å². The molecule has 0 radical (unpaired) electrons. The summed E-state index contributed by atoms with van der Waals surface area (Å²) in [5, 5.41) is 0. The standard InChI is InChI=1S/C19H17BrFNO/c1-11-2-6-17(21)16(8-11)19(23)22-14-5-7-18(22)15-10-13(20)4-3-12(15)9-14/h2-4,6,8,10,14,18H,5,7,9H2,1H3/t14-,18+/m0/s1. The molecule has 118 valence electrons. The van der Waals surface area contributed by atoms with E-state index in [-0.39, 0.29) is 23.6 Å². The van der Waals surface area contributed by atoms with Crippen molar-refractivity contribution < 1.29 is 9.18 Å². The molecule has 2 bridgehead atoms. The Morgan fingerprint density at radius 1 is 1.22 bits per heavy atom. The molecule has 0 saturated carbocycles. The second-order valence-corrected chi connectivity index (χ2v) is 7.41. The predicted molar refractivity (Wildman–Crippen MR) is 90.9 cm³/mol. The summed E-state index contributed by atoms with van der Waals surface area (Å²) in [4.78, 5) is 14.9. The molecule has 0 spiro atoms. The van der Waals surface area contributed by atoms with Gasteiger partial charge in [-0.2, -0.15) is 0 Å². The van der Waals surface area contributed by atoms with Gasteiger partial charge in [-0.3, -0.25) is 4.79 Å². The first-order valence-corrected chi connectivity index (χ1v) is 8.71. The number of rotatable bonds is 1. The minimum absolute atomic E-state index is 0.0636. The number of carbonyl (C=O) groups is 1. The highest BCUT2D eigenvalue weighted by Crippen LogP contribution is 2.45. The van der Waals surface area contributed by atoms with Crippen molar-refractivity contribution in [2.45, 2.75) is 38.3 Å². The van der Waals surface area contributed by atoms with E-state index in [0.717, 1.165) is 29.3 Å². The molecule has 0 aromatic heterocycles. The largest absolute Gasteiger partial charge is 0.328 e. The third-order valence-electron chi connectivity index (χ3n) is 5.01. The first-order chi connectivity index (χ1) is 11.0. The summed E-state index contributed by atoms with van der Waals surface area (Å²) in [6, 6.07) is 11.3. The molecule has 0 N–H and O–H groups in total. The highest BCUT2D eigenvalue weighted by Gasteiger charge is 2.43. The normalized spacial score (nSPS) is 22.1. The number of amides is 1. The number of carbonyl (C=O) groups excluding carboxylic acids is 1. The lowest BCUT2D eigenvalue weighted by atomic mass is 9.92. The van der Waals surface area contributed by atoms with E-state index in [1.54, 1.807) is 12.1 Å². The average Bonchev–Trinajstić information content (AvgIpc) is 2.85. The molecule has 23 heavy (non-hydrogen) atoms. The van der Waals surface area contributed by atoms with Crippen molar-refractivity contribution in [1.82, 2.24) is 4.90 Å².